The molecule has 0 fully saturated rings. The zero-order valence-corrected chi connectivity index (χ0v) is 16.2. The Morgan fingerprint density at radius 2 is 1.81 bits per heavy atom. The maximum Gasteiger partial charge on any atom is 0.237 e. The third-order valence-corrected chi connectivity index (χ3v) is 5.73. The molecule has 3 rings (SSSR count). The molecule has 3 aromatic rings. The highest BCUT2D eigenvalue weighted by atomic mass is 32.2. The first-order valence-corrected chi connectivity index (χ1v) is 10.1. The van der Waals surface area contributed by atoms with Crippen molar-refractivity contribution in [2.24, 2.45) is 0 Å². The average molecular weight is 385 g/mol. The van der Waals surface area contributed by atoms with E-state index in [1.165, 1.54) is 28.7 Å². The Morgan fingerprint density at radius 3 is 2.50 bits per heavy atom. The van der Waals surface area contributed by atoms with Crippen LogP contribution in [0.4, 0.5) is 16.5 Å². The second kappa shape index (κ2) is 8.82. The Morgan fingerprint density at radius 1 is 1.08 bits per heavy atom. The van der Waals surface area contributed by atoms with Gasteiger partial charge in [-0.3, -0.25) is 4.79 Å². The van der Waals surface area contributed by atoms with Gasteiger partial charge >= 0.3 is 0 Å². The zero-order chi connectivity index (χ0) is 18.4. The minimum absolute atomic E-state index is 0.0546. The van der Waals surface area contributed by atoms with Crippen molar-refractivity contribution >= 4 is 45.5 Å². The molecule has 0 saturated carbocycles. The number of anilines is 3. The van der Waals surface area contributed by atoms with E-state index >= 15 is 0 Å². The summed E-state index contributed by atoms with van der Waals surface area (Å²) in [5.74, 6) is -0.0546. The lowest BCUT2D eigenvalue weighted by atomic mass is 10.1. The normalized spacial score (nSPS) is 11.8. The van der Waals surface area contributed by atoms with Crippen molar-refractivity contribution < 1.29 is 4.79 Å². The Balaban J connectivity index is 1.56. The molecule has 134 valence electrons. The summed E-state index contributed by atoms with van der Waals surface area (Å²) in [5, 5.41) is 14.9. The lowest BCUT2D eigenvalue weighted by Crippen LogP contribution is -2.22. The van der Waals surface area contributed by atoms with Crippen LogP contribution in [0, 0.1) is 0 Å². The van der Waals surface area contributed by atoms with Crippen LogP contribution in [0.2, 0.25) is 0 Å². The van der Waals surface area contributed by atoms with Gasteiger partial charge in [0.25, 0.3) is 0 Å². The molecule has 2 aromatic carbocycles. The predicted octanol–water partition coefficient (Wildman–Crippen LogP) is 4.96. The number of amides is 1. The number of nitrogens with zero attached hydrogens (tertiary/aromatic N) is 2. The molecule has 1 heterocycles. The first kappa shape index (κ1) is 18.4. The van der Waals surface area contributed by atoms with Crippen molar-refractivity contribution in [3.63, 3.8) is 0 Å². The van der Waals surface area contributed by atoms with Gasteiger partial charge < -0.3 is 10.6 Å². The molecule has 26 heavy (non-hydrogen) atoms. The molecule has 1 atom stereocenters. The topological polar surface area (TPSA) is 66.9 Å². The van der Waals surface area contributed by atoms with Crippen LogP contribution < -0.4 is 10.6 Å². The molecular formula is C19H20N4OS2. The van der Waals surface area contributed by atoms with E-state index in [0.29, 0.717) is 5.13 Å². The number of aryl methyl sites for hydroxylation is 1. The molecule has 1 aromatic heterocycles. The fourth-order valence-corrected chi connectivity index (χ4v) is 4.14. The first-order chi connectivity index (χ1) is 12.6. The minimum Gasteiger partial charge on any atom is -0.330 e. The maximum absolute atomic E-state index is 12.3. The molecule has 1 amide bonds. The van der Waals surface area contributed by atoms with E-state index in [9.17, 15) is 4.79 Å². The highest BCUT2D eigenvalue weighted by molar-refractivity contribution is 8.02. The van der Waals surface area contributed by atoms with E-state index in [1.807, 2.05) is 49.4 Å². The van der Waals surface area contributed by atoms with E-state index in [0.717, 1.165) is 22.1 Å². The molecule has 7 heteroatoms. The van der Waals surface area contributed by atoms with Gasteiger partial charge in [0.15, 0.2) is 4.34 Å². The van der Waals surface area contributed by atoms with Crippen molar-refractivity contribution in [3.05, 3.63) is 60.2 Å². The quantitative estimate of drug-likeness (QED) is 0.563. The number of thioether (sulfide) groups is 1. The summed E-state index contributed by atoms with van der Waals surface area (Å²) in [7, 11) is 0. The highest BCUT2D eigenvalue weighted by Crippen LogP contribution is 2.30. The Kier molecular flexibility index (Phi) is 6.25. The molecule has 0 unspecified atom stereocenters. The third kappa shape index (κ3) is 5.06. The van der Waals surface area contributed by atoms with Crippen LogP contribution >= 0.6 is 23.1 Å². The van der Waals surface area contributed by atoms with Gasteiger partial charge in [0.1, 0.15) is 0 Å². The number of carbonyl (C=O) groups is 1. The summed E-state index contributed by atoms with van der Waals surface area (Å²) in [6.07, 6.45) is 1.02. The van der Waals surface area contributed by atoms with Crippen LogP contribution in [0.3, 0.4) is 0 Å². The average Bonchev–Trinajstić information content (AvgIpc) is 3.10. The molecule has 2 N–H and O–H groups in total. The van der Waals surface area contributed by atoms with Crippen LogP contribution in [-0.4, -0.2) is 21.4 Å². The predicted molar refractivity (Wildman–Crippen MR) is 109 cm³/mol. The number of rotatable bonds is 7. The van der Waals surface area contributed by atoms with Crippen molar-refractivity contribution in [1.82, 2.24) is 10.2 Å². The van der Waals surface area contributed by atoms with Gasteiger partial charge in [-0.05, 0) is 43.2 Å². The van der Waals surface area contributed by atoms with E-state index in [4.69, 9.17) is 0 Å². The Labute approximate surface area is 161 Å². The fraction of sp³-hybridized carbons (Fsp3) is 0.211. The number of nitrogens with one attached hydrogen (secondary N) is 2. The van der Waals surface area contributed by atoms with Crippen molar-refractivity contribution in [2.75, 3.05) is 10.6 Å². The summed E-state index contributed by atoms with van der Waals surface area (Å²) in [6.45, 7) is 3.99. The largest absolute Gasteiger partial charge is 0.330 e. The molecule has 0 spiro atoms. The summed E-state index contributed by atoms with van der Waals surface area (Å²) in [4.78, 5) is 12.3. The number of hydrogen-bond donors (Lipinski definition) is 2. The summed E-state index contributed by atoms with van der Waals surface area (Å²) in [6, 6.07) is 17.7. The lowest BCUT2D eigenvalue weighted by molar-refractivity contribution is -0.115. The molecule has 0 radical (unpaired) electrons. The molecule has 0 bridgehead atoms. The third-order valence-electron chi connectivity index (χ3n) is 3.71. The fourth-order valence-electron chi connectivity index (χ4n) is 2.23. The maximum atomic E-state index is 12.3. The number of aromatic nitrogens is 2. The summed E-state index contributed by atoms with van der Waals surface area (Å²) < 4.78 is 0.758. The summed E-state index contributed by atoms with van der Waals surface area (Å²) >= 11 is 2.84. The van der Waals surface area contributed by atoms with Gasteiger partial charge in [0, 0.05) is 11.4 Å². The summed E-state index contributed by atoms with van der Waals surface area (Å²) in [5.41, 5.74) is 3.06. The van der Waals surface area contributed by atoms with E-state index in [1.54, 1.807) is 0 Å². The van der Waals surface area contributed by atoms with Crippen LogP contribution in [-0.2, 0) is 11.2 Å². The van der Waals surface area contributed by atoms with Crippen LogP contribution in [0.1, 0.15) is 19.4 Å². The molecule has 0 aliphatic rings. The second-order valence-electron chi connectivity index (χ2n) is 5.66. The van der Waals surface area contributed by atoms with E-state index < -0.39 is 0 Å². The number of hydrogen-bond acceptors (Lipinski definition) is 6. The van der Waals surface area contributed by atoms with Gasteiger partial charge in [-0.1, -0.05) is 60.4 Å². The minimum atomic E-state index is -0.264. The van der Waals surface area contributed by atoms with E-state index in [2.05, 4.69) is 39.9 Å². The number of para-hydroxylation sites is 1. The lowest BCUT2D eigenvalue weighted by Gasteiger charge is -2.09. The molecular weight excluding hydrogens is 364 g/mol. The standard InChI is InChI=1S/C19H20N4OS2/c1-3-14-9-11-16(12-10-14)21-18-22-23-19(26-18)25-13(2)17(24)20-15-7-5-4-6-8-15/h4-13H,3H2,1-2H3,(H,20,24)(H,21,22)/t13-/m0/s1. The first-order valence-electron chi connectivity index (χ1n) is 8.36. The smallest absolute Gasteiger partial charge is 0.237 e. The van der Waals surface area contributed by atoms with Crippen LogP contribution in [0.25, 0.3) is 0 Å². The highest BCUT2D eigenvalue weighted by Gasteiger charge is 2.17. The monoisotopic (exact) mass is 384 g/mol. The van der Waals surface area contributed by atoms with Gasteiger partial charge in [0.05, 0.1) is 5.25 Å². The van der Waals surface area contributed by atoms with Gasteiger partial charge in [-0.25, -0.2) is 0 Å². The van der Waals surface area contributed by atoms with Crippen LogP contribution in [0.15, 0.2) is 58.9 Å². The van der Waals surface area contributed by atoms with Crippen molar-refractivity contribution in [1.29, 1.82) is 0 Å². The van der Waals surface area contributed by atoms with E-state index in [-0.39, 0.29) is 11.2 Å². The number of benzene rings is 2. The molecule has 0 saturated heterocycles. The Hall–Kier alpha value is -2.38. The SMILES string of the molecule is CCc1ccc(Nc2nnc(S[C@@H](C)C(=O)Nc3ccccc3)s2)cc1. The number of carbonyl (C=O) groups excluding carboxylic acids is 1. The van der Waals surface area contributed by atoms with Gasteiger partial charge in [0.2, 0.25) is 11.0 Å². The molecule has 0 aliphatic heterocycles. The van der Waals surface area contributed by atoms with Crippen LogP contribution in [0.5, 0.6) is 0 Å². The molecule has 5 nitrogen and oxygen atoms in total. The van der Waals surface area contributed by atoms with Gasteiger partial charge in [-0.2, -0.15) is 0 Å². The molecule has 0 aliphatic carbocycles. The second-order valence-corrected chi connectivity index (χ2v) is 8.23. The zero-order valence-electron chi connectivity index (χ0n) is 14.6. The van der Waals surface area contributed by atoms with Crippen molar-refractivity contribution in [2.45, 2.75) is 29.9 Å². The van der Waals surface area contributed by atoms with Gasteiger partial charge in [-0.15, -0.1) is 10.2 Å². The Bertz CT molecular complexity index is 849. The van der Waals surface area contributed by atoms with Crippen molar-refractivity contribution in [3.8, 4) is 0 Å².